The molecule has 0 unspecified atom stereocenters. The third kappa shape index (κ3) is 3.34. The van der Waals surface area contributed by atoms with Crippen molar-refractivity contribution in [2.45, 2.75) is 6.10 Å². The SMILES string of the molecule is CN(C)C[C@H]1CN(c2cc(N)ncc2C#N)CCO1. The first kappa shape index (κ1) is 13.6. The summed E-state index contributed by atoms with van der Waals surface area (Å²) in [7, 11) is 4.04. The summed E-state index contributed by atoms with van der Waals surface area (Å²) < 4.78 is 5.73. The number of nitrogens with zero attached hydrogens (tertiary/aromatic N) is 4. The molecule has 0 aromatic carbocycles. The molecule has 102 valence electrons. The first-order valence-corrected chi connectivity index (χ1v) is 6.27. The molecule has 6 nitrogen and oxygen atoms in total. The fourth-order valence-corrected chi connectivity index (χ4v) is 2.26. The second-order valence-electron chi connectivity index (χ2n) is 4.94. The maximum Gasteiger partial charge on any atom is 0.125 e. The minimum absolute atomic E-state index is 0.143. The van der Waals surface area contributed by atoms with Crippen molar-refractivity contribution in [3.05, 3.63) is 17.8 Å². The second kappa shape index (κ2) is 5.87. The molecular weight excluding hydrogens is 242 g/mol. The van der Waals surface area contributed by atoms with E-state index in [1.165, 1.54) is 6.20 Å². The van der Waals surface area contributed by atoms with Gasteiger partial charge in [0.2, 0.25) is 0 Å². The second-order valence-corrected chi connectivity index (χ2v) is 4.94. The molecule has 1 aromatic rings. The van der Waals surface area contributed by atoms with Gasteiger partial charge < -0.3 is 20.3 Å². The van der Waals surface area contributed by atoms with Gasteiger partial charge in [-0.3, -0.25) is 0 Å². The molecular formula is C13H19N5O. The maximum absolute atomic E-state index is 9.15. The molecule has 1 fully saturated rings. The molecule has 0 radical (unpaired) electrons. The topological polar surface area (TPSA) is 78.4 Å². The van der Waals surface area contributed by atoms with E-state index in [1.54, 1.807) is 6.07 Å². The van der Waals surface area contributed by atoms with Gasteiger partial charge in [0.1, 0.15) is 11.9 Å². The molecule has 2 heterocycles. The zero-order valence-electron chi connectivity index (χ0n) is 11.3. The summed E-state index contributed by atoms with van der Waals surface area (Å²) in [5.41, 5.74) is 7.12. The van der Waals surface area contributed by atoms with Crippen LogP contribution in [0, 0.1) is 11.3 Å². The van der Waals surface area contributed by atoms with Crippen molar-refractivity contribution < 1.29 is 4.74 Å². The van der Waals surface area contributed by atoms with Crippen LogP contribution in [0.1, 0.15) is 5.56 Å². The minimum Gasteiger partial charge on any atom is -0.384 e. The van der Waals surface area contributed by atoms with E-state index in [4.69, 9.17) is 15.7 Å². The first-order valence-electron chi connectivity index (χ1n) is 6.27. The lowest BCUT2D eigenvalue weighted by molar-refractivity contribution is 0.0247. The molecule has 0 aliphatic carbocycles. The van der Waals surface area contributed by atoms with Gasteiger partial charge in [0.15, 0.2) is 0 Å². The van der Waals surface area contributed by atoms with Gasteiger partial charge in [0.05, 0.1) is 24.0 Å². The van der Waals surface area contributed by atoms with Crippen LogP contribution in [0.15, 0.2) is 12.3 Å². The van der Waals surface area contributed by atoms with E-state index in [1.807, 2.05) is 14.1 Å². The fourth-order valence-electron chi connectivity index (χ4n) is 2.26. The molecule has 0 saturated carbocycles. The lowest BCUT2D eigenvalue weighted by atomic mass is 10.2. The van der Waals surface area contributed by atoms with Crippen molar-refractivity contribution in [3.63, 3.8) is 0 Å². The Kier molecular flexibility index (Phi) is 4.20. The van der Waals surface area contributed by atoms with E-state index in [9.17, 15) is 0 Å². The summed E-state index contributed by atoms with van der Waals surface area (Å²) in [6.45, 7) is 3.04. The number of aromatic nitrogens is 1. The van der Waals surface area contributed by atoms with Crippen LogP contribution in [0.5, 0.6) is 0 Å². The zero-order chi connectivity index (χ0) is 13.8. The Balaban J connectivity index is 2.17. The van der Waals surface area contributed by atoms with Gasteiger partial charge in [-0.15, -0.1) is 0 Å². The molecule has 6 heteroatoms. The van der Waals surface area contributed by atoms with Crippen LogP contribution in [0.3, 0.4) is 0 Å². The van der Waals surface area contributed by atoms with E-state index < -0.39 is 0 Å². The van der Waals surface area contributed by atoms with Gasteiger partial charge in [-0.05, 0) is 14.1 Å². The zero-order valence-corrected chi connectivity index (χ0v) is 11.3. The van der Waals surface area contributed by atoms with Gasteiger partial charge in [0, 0.05) is 31.9 Å². The van der Waals surface area contributed by atoms with Crippen LogP contribution in [0.4, 0.5) is 11.5 Å². The highest BCUT2D eigenvalue weighted by molar-refractivity contribution is 5.62. The van der Waals surface area contributed by atoms with E-state index in [2.05, 4.69) is 20.9 Å². The van der Waals surface area contributed by atoms with E-state index >= 15 is 0 Å². The monoisotopic (exact) mass is 261 g/mol. The Bertz CT molecular complexity index is 482. The van der Waals surface area contributed by atoms with E-state index in [-0.39, 0.29) is 6.10 Å². The Labute approximate surface area is 113 Å². The molecule has 0 spiro atoms. The van der Waals surface area contributed by atoms with Crippen molar-refractivity contribution in [1.82, 2.24) is 9.88 Å². The maximum atomic E-state index is 9.15. The van der Waals surface area contributed by atoms with Gasteiger partial charge in [-0.25, -0.2) is 4.98 Å². The summed E-state index contributed by atoms with van der Waals surface area (Å²) in [6.07, 6.45) is 1.67. The number of likely N-dealkylation sites (N-methyl/N-ethyl adjacent to an activating group) is 1. The molecule has 0 bridgehead atoms. The van der Waals surface area contributed by atoms with E-state index in [0.717, 1.165) is 25.3 Å². The summed E-state index contributed by atoms with van der Waals surface area (Å²) in [4.78, 5) is 8.21. The van der Waals surface area contributed by atoms with Gasteiger partial charge in [-0.1, -0.05) is 0 Å². The van der Waals surface area contributed by atoms with Gasteiger partial charge >= 0.3 is 0 Å². The molecule has 1 aromatic heterocycles. The number of hydrogen-bond acceptors (Lipinski definition) is 6. The van der Waals surface area contributed by atoms with Crippen molar-refractivity contribution in [2.75, 3.05) is 51.0 Å². The highest BCUT2D eigenvalue weighted by Crippen LogP contribution is 2.23. The number of morpholine rings is 1. The number of anilines is 2. The predicted molar refractivity (Wildman–Crippen MR) is 73.9 cm³/mol. The van der Waals surface area contributed by atoms with Gasteiger partial charge in [-0.2, -0.15) is 5.26 Å². The summed E-state index contributed by atoms with van der Waals surface area (Å²) in [6, 6.07) is 3.93. The van der Waals surface area contributed by atoms with E-state index in [0.29, 0.717) is 18.0 Å². The smallest absolute Gasteiger partial charge is 0.125 e. The number of pyridine rings is 1. The predicted octanol–water partition coefficient (Wildman–Crippen LogP) is 0.302. The molecule has 1 aliphatic rings. The Morgan fingerprint density at radius 1 is 1.63 bits per heavy atom. The highest BCUT2D eigenvalue weighted by Gasteiger charge is 2.23. The van der Waals surface area contributed by atoms with Crippen LogP contribution < -0.4 is 10.6 Å². The number of nitriles is 1. The molecule has 1 atom stereocenters. The third-order valence-electron chi connectivity index (χ3n) is 3.07. The van der Waals surface area contributed by atoms with Crippen LogP contribution >= 0.6 is 0 Å². The van der Waals surface area contributed by atoms with Crippen LogP contribution in [0.2, 0.25) is 0 Å². The molecule has 1 aliphatic heterocycles. The normalized spacial score (nSPS) is 19.5. The number of ether oxygens (including phenoxy) is 1. The van der Waals surface area contributed by atoms with Crippen molar-refractivity contribution in [3.8, 4) is 6.07 Å². The largest absolute Gasteiger partial charge is 0.384 e. The standard InChI is InChI=1S/C13H19N5O/c1-17(2)8-11-9-18(3-4-19-11)12-5-13(15)16-7-10(12)6-14/h5,7,11H,3-4,8-9H2,1-2H3,(H2,15,16)/t11-/m0/s1. The van der Waals surface area contributed by atoms with Crippen molar-refractivity contribution in [2.24, 2.45) is 0 Å². The molecule has 2 rings (SSSR count). The fraction of sp³-hybridized carbons (Fsp3) is 0.538. The molecule has 1 saturated heterocycles. The van der Waals surface area contributed by atoms with Crippen LogP contribution in [-0.2, 0) is 4.74 Å². The summed E-state index contributed by atoms with van der Waals surface area (Å²) >= 11 is 0. The third-order valence-corrected chi connectivity index (χ3v) is 3.07. The Hall–Kier alpha value is -1.84. The summed E-state index contributed by atoms with van der Waals surface area (Å²) in [5, 5.41) is 9.15. The number of nitrogen functional groups attached to an aromatic ring is 1. The highest BCUT2D eigenvalue weighted by atomic mass is 16.5. The molecule has 0 amide bonds. The van der Waals surface area contributed by atoms with Crippen LogP contribution in [0.25, 0.3) is 0 Å². The Morgan fingerprint density at radius 2 is 2.42 bits per heavy atom. The average Bonchev–Trinajstić information content (AvgIpc) is 2.38. The lowest BCUT2D eigenvalue weighted by Crippen LogP contribution is -2.46. The molecule has 19 heavy (non-hydrogen) atoms. The van der Waals surface area contributed by atoms with Crippen LogP contribution in [-0.4, -0.2) is 56.3 Å². The van der Waals surface area contributed by atoms with Crippen molar-refractivity contribution >= 4 is 11.5 Å². The number of nitrogens with two attached hydrogens (primary N) is 1. The van der Waals surface area contributed by atoms with Crippen molar-refractivity contribution in [1.29, 1.82) is 5.26 Å². The minimum atomic E-state index is 0.143. The Morgan fingerprint density at radius 3 is 3.11 bits per heavy atom. The quantitative estimate of drug-likeness (QED) is 0.843. The summed E-state index contributed by atoms with van der Waals surface area (Å²) in [5.74, 6) is 0.435. The van der Waals surface area contributed by atoms with Gasteiger partial charge in [0.25, 0.3) is 0 Å². The number of rotatable bonds is 3. The number of hydrogen-bond donors (Lipinski definition) is 1. The average molecular weight is 261 g/mol. The molecule has 2 N–H and O–H groups in total. The first-order chi connectivity index (χ1) is 9.10. The lowest BCUT2D eigenvalue weighted by Gasteiger charge is -2.36.